The van der Waals surface area contributed by atoms with Crippen LogP contribution in [0.1, 0.15) is 28.4 Å². The molecule has 32 heavy (non-hydrogen) atoms. The van der Waals surface area contributed by atoms with Crippen LogP contribution in [0.15, 0.2) is 42.5 Å². The van der Waals surface area contributed by atoms with Crippen molar-refractivity contribution in [2.75, 3.05) is 41.4 Å². The maximum absolute atomic E-state index is 13.4. The monoisotopic (exact) mass is 459 g/mol. The second kappa shape index (κ2) is 10.1. The van der Waals surface area contributed by atoms with Gasteiger partial charge in [0.25, 0.3) is 5.91 Å². The lowest BCUT2D eigenvalue weighted by Crippen LogP contribution is -3.05. The van der Waals surface area contributed by atoms with E-state index in [0.717, 1.165) is 6.54 Å². The van der Waals surface area contributed by atoms with Crippen LogP contribution in [0.3, 0.4) is 0 Å². The molecule has 1 heterocycles. The first-order chi connectivity index (χ1) is 15.3. The van der Waals surface area contributed by atoms with E-state index in [1.54, 1.807) is 49.6 Å². The highest BCUT2D eigenvalue weighted by Crippen LogP contribution is 2.43. The average molecular weight is 460 g/mol. The van der Waals surface area contributed by atoms with Crippen molar-refractivity contribution in [3.05, 3.63) is 58.6 Å². The van der Waals surface area contributed by atoms with E-state index in [-0.39, 0.29) is 0 Å². The van der Waals surface area contributed by atoms with Crippen LogP contribution in [0.25, 0.3) is 0 Å². The molecular weight excluding hydrogens is 432 g/mol. The number of nitrogens with one attached hydrogen (secondary N) is 1. The smallest absolute Gasteiger partial charge is 0.291 e. The molecule has 0 bridgehead atoms. The summed E-state index contributed by atoms with van der Waals surface area (Å²) in [6.45, 7) is 1.18. The van der Waals surface area contributed by atoms with Crippen molar-refractivity contribution < 1.29 is 28.8 Å². The van der Waals surface area contributed by atoms with Gasteiger partial charge in [0.05, 0.1) is 40.9 Å². The van der Waals surface area contributed by atoms with E-state index >= 15 is 0 Å². The summed E-state index contributed by atoms with van der Waals surface area (Å²) in [5.41, 5.74) is 0.926. The lowest BCUT2D eigenvalue weighted by Gasteiger charge is -2.28. The molecule has 170 valence electrons. The summed E-state index contributed by atoms with van der Waals surface area (Å²) in [6.07, 6.45) is 0.693. The predicted octanol–water partition coefficient (Wildman–Crippen LogP) is 1.84. The molecule has 2 aromatic carbocycles. The second-order valence-corrected chi connectivity index (χ2v) is 8.51. The average Bonchev–Trinajstić information content (AvgIpc) is 3.03. The van der Waals surface area contributed by atoms with Crippen LogP contribution in [0.4, 0.5) is 0 Å². The van der Waals surface area contributed by atoms with E-state index in [4.69, 9.17) is 21.1 Å². The van der Waals surface area contributed by atoms with Crippen LogP contribution in [0.5, 0.6) is 11.5 Å². The van der Waals surface area contributed by atoms with E-state index in [0.29, 0.717) is 40.6 Å². The molecule has 1 aliphatic heterocycles. The minimum Gasteiger partial charge on any atom is -0.497 e. The van der Waals surface area contributed by atoms with Crippen molar-refractivity contribution in [2.45, 2.75) is 12.5 Å². The van der Waals surface area contributed by atoms with Crippen molar-refractivity contribution in [3.8, 4) is 11.5 Å². The molecule has 1 fully saturated rings. The normalized spacial score (nSPS) is 18.4. The number of ether oxygens (including phenoxy) is 2. The fourth-order valence-corrected chi connectivity index (χ4v) is 4.16. The zero-order chi connectivity index (χ0) is 23.4. The topological polar surface area (TPSA) is 77.4 Å². The number of rotatable bonds is 9. The van der Waals surface area contributed by atoms with E-state index in [1.807, 2.05) is 14.1 Å². The number of Topliss-reactive ketones (excluding diaryl/α,β-unsaturated/α-hetero) is 2. The van der Waals surface area contributed by atoms with Gasteiger partial charge in [0.15, 0.2) is 5.78 Å². The number of ketones is 2. The van der Waals surface area contributed by atoms with Gasteiger partial charge in [-0.05, 0) is 36.4 Å². The number of carbonyl (C=O) groups is 3. The number of quaternary nitrogens is 1. The van der Waals surface area contributed by atoms with Gasteiger partial charge in [0, 0.05) is 35.2 Å². The van der Waals surface area contributed by atoms with Crippen LogP contribution in [0, 0.1) is 5.92 Å². The number of nitrogens with zero attached hydrogens (tertiary/aromatic N) is 1. The molecule has 2 unspecified atom stereocenters. The Hall–Kier alpha value is -2.90. The summed E-state index contributed by atoms with van der Waals surface area (Å²) in [5.74, 6) is -1.90. The number of hydrogen-bond donors (Lipinski definition) is 1. The molecule has 0 saturated carbocycles. The number of benzene rings is 2. The third-order valence-corrected chi connectivity index (χ3v) is 5.90. The Labute approximate surface area is 192 Å². The number of hydrogen-bond acceptors (Lipinski definition) is 5. The van der Waals surface area contributed by atoms with Crippen LogP contribution in [0.2, 0.25) is 5.02 Å². The zero-order valence-corrected chi connectivity index (χ0v) is 19.4. The minimum absolute atomic E-state index is 0.331. The number of methoxy groups -OCH3 is 2. The largest absolute Gasteiger partial charge is 0.497 e. The van der Waals surface area contributed by atoms with Gasteiger partial charge in [0.2, 0.25) is 5.78 Å². The van der Waals surface area contributed by atoms with Gasteiger partial charge in [-0.25, -0.2) is 0 Å². The highest BCUT2D eigenvalue weighted by Gasteiger charge is 2.52. The fourth-order valence-electron chi connectivity index (χ4n) is 4.03. The first-order valence-electron chi connectivity index (χ1n) is 10.4. The van der Waals surface area contributed by atoms with E-state index < -0.39 is 29.4 Å². The maximum Gasteiger partial charge on any atom is 0.291 e. The molecule has 8 heteroatoms. The highest BCUT2D eigenvalue weighted by atomic mass is 35.5. The molecule has 1 saturated heterocycles. The Kier molecular flexibility index (Phi) is 7.53. The Morgan fingerprint density at radius 2 is 1.75 bits per heavy atom. The third kappa shape index (κ3) is 4.79. The Balaban J connectivity index is 2.07. The van der Waals surface area contributed by atoms with Gasteiger partial charge in [-0.15, -0.1) is 0 Å². The van der Waals surface area contributed by atoms with Gasteiger partial charge in [0.1, 0.15) is 17.4 Å². The summed E-state index contributed by atoms with van der Waals surface area (Å²) in [7, 11) is 7.09. The predicted molar refractivity (Wildman–Crippen MR) is 121 cm³/mol. The maximum atomic E-state index is 13.4. The summed E-state index contributed by atoms with van der Waals surface area (Å²) in [5, 5.41) is 0.483. The zero-order valence-electron chi connectivity index (χ0n) is 18.7. The first kappa shape index (κ1) is 23.8. The summed E-state index contributed by atoms with van der Waals surface area (Å²) < 4.78 is 10.8. The fraction of sp³-hybridized carbons (Fsp3) is 0.375. The van der Waals surface area contributed by atoms with Crippen molar-refractivity contribution in [2.24, 2.45) is 5.92 Å². The molecule has 2 aromatic rings. The van der Waals surface area contributed by atoms with Crippen LogP contribution in [-0.2, 0) is 9.59 Å². The van der Waals surface area contributed by atoms with Crippen molar-refractivity contribution in [3.63, 3.8) is 0 Å². The molecule has 1 aliphatic rings. The minimum atomic E-state index is -1.17. The number of likely N-dealkylation sites (tertiary alicyclic amines) is 1. The summed E-state index contributed by atoms with van der Waals surface area (Å²) in [4.78, 5) is 42.3. The Morgan fingerprint density at radius 1 is 1.06 bits per heavy atom. The van der Waals surface area contributed by atoms with Crippen LogP contribution >= 0.6 is 11.6 Å². The first-order valence-corrected chi connectivity index (χ1v) is 10.8. The molecule has 1 amide bonds. The lowest BCUT2D eigenvalue weighted by molar-refractivity contribution is -0.858. The van der Waals surface area contributed by atoms with Gasteiger partial charge in [-0.3, -0.25) is 14.4 Å². The second-order valence-electron chi connectivity index (χ2n) is 8.07. The standard InChI is InChI=1S/C24H27ClN2O5/c1-26(2)12-5-13-27-21(18-11-10-17(31-3)14-19(18)32-4)20(23(29)24(27)30)22(28)15-6-8-16(25)9-7-15/h6-11,14,20-21H,5,12-13H2,1-4H3/p+1. The summed E-state index contributed by atoms with van der Waals surface area (Å²) >= 11 is 5.96. The summed E-state index contributed by atoms with van der Waals surface area (Å²) in [6, 6.07) is 10.7. The van der Waals surface area contributed by atoms with Crippen LogP contribution in [-0.4, -0.2) is 63.8 Å². The van der Waals surface area contributed by atoms with E-state index in [1.165, 1.54) is 16.9 Å². The van der Waals surface area contributed by atoms with Gasteiger partial charge in [-0.1, -0.05) is 11.6 Å². The third-order valence-electron chi connectivity index (χ3n) is 5.65. The Morgan fingerprint density at radius 3 is 2.34 bits per heavy atom. The molecule has 7 nitrogen and oxygen atoms in total. The molecule has 3 rings (SSSR count). The molecule has 0 aromatic heterocycles. The molecule has 0 spiro atoms. The number of halogens is 1. The van der Waals surface area contributed by atoms with E-state index in [9.17, 15) is 14.4 Å². The molecule has 0 radical (unpaired) electrons. The molecular formula is C24H28ClN2O5+. The SMILES string of the molecule is COc1ccc(C2C(C(=O)c3ccc(Cl)cc3)C(=O)C(=O)N2CCC[NH+](C)C)c(OC)c1. The number of amides is 1. The van der Waals surface area contributed by atoms with Gasteiger partial charge in [-0.2, -0.15) is 0 Å². The highest BCUT2D eigenvalue weighted by molar-refractivity contribution is 6.44. The van der Waals surface area contributed by atoms with Gasteiger partial charge >= 0.3 is 0 Å². The van der Waals surface area contributed by atoms with Crippen molar-refractivity contribution in [1.82, 2.24) is 4.90 Å². The van der Waals surface area contributed by atoms with Crippen molar-refractivity contribution >= 4 is 29.1 Å². The molecule has 2 atom stereocenters. The quantitative estimate of drug-likeness (QED) is 0.352. The van der Waals surface area contributed by atoms with Gasteiger partial charge < -0.3 is 19.3 Å². The molecule has 0 aliphatic carbocycles. The van der Waals surface area contributed by atoms with E-state index in [2.05, 4.69) is 0 Å². The molecule has 1 N–H and O–H groups in total. The lowest BCUT2D eigenvalue weighted by atomic mass is 9.86. The number of carbonyl (C=O) groups excluding carboxylic acids is 3. The Bertz CT molecular complexity index is 1010. The van der Waals surface area contributed by atoms with Crippen molar-refractivity contribution in [1.29, 1.82) is 0 Å². The van der Waals surface area contributed by atoms with Crippen LogP contribution < -0.4 is 14.4 Å².